The van der Waals surface area contributed by atoms with E-state index in [1.54, 1.807) is 42.5 Å². The molecule has 1 aliphatic rings. The molecule has 3 N–H and O–H groups in total. The normalized spacial score (nSPS) is 16.2. The summed E-state index contributed by atoms with van der Waals surface area (Å²) in [6.45, 7) is 2.34. The van der Waals surface area contributed by atoms with E-state index in [2.05, 4.69) is 5.32 Å². The first kappa shape index (κ1) is 28.3. The van der Waals surface area contributed by atoms with Crippen LogP contribution in [0.25, 0.3) is 0 Å². The molecule has 8 heteroatoms. The lowest BCUT2D eigenvalue weighted by Gasteiger charge is -2.22. The number of halogens is 1. The van der Waals surface area contributed by atoms with E-state index in [1.807, 2.05) is 13.0 Å². The van der Waals surface area contributed by atoms with Gasteiger partial charge in [-0.05, 0) is 85.2 Å². The van der Waals surface area contributed by atoms with E-state index >= 15 is 0 Å². The maximum atomic E-state index is 13.4. The number of carboxylic acids is 1. The van der Waals surface area contributed by atoms with Crippen molar-refractivity contribution in [1.29, 1.82) is 0 Å². The number of hydrogen-bond acceptors (Lipinski definition) is 5. The van der Waals surface area contributed by atoms with Crippen LogP contribution in [0.1, 0.15) is 78.1 Å². The zero-order valence-electron chi connectivity index (χ0n) is 21.4. The minimum absolute atomic E-state index is 0.0252. The van der Waals surface area contributed by atoms with E-state index in [1.165, 1.54) is 24.6 Å². The van der Waals surface area contributed by atoms with E-state index in [4.69, 9.17) is 11.6 Å². The molecule has 0 amide bonds. The van der Waals surface area contributed by atoms with Crippen molar-refractivity contribution < 1.29 is 23.4 Å². The van der Waals surface area contributed by atoms with Crippen molar-refractivity contribution in [3.05, 3.63) is 94.0 Å². The molecule has 202 valence electrons. The topological polar surface area (TPSA) is 104 Å². The highest BCUT2D eigenvalue weighted by atomic mass is 35.5. The van der Waals surface area contributed by atoms with Crippen LogP contribution >= 0.6 is 11.6 Å². The molecule has 38 heavy (non-hydrogen) atoms. The Morgan fingerprint density at radius 3 is 2.39 bits per heavy atom. The number of benzene rings is 3. The predicted molar refractivity (Wildman–Crippen MR) is 149 cm³/mol. The molecule has 0 spiro atoms. The third kappa shape index (κ3) is 6.83. The van der Waals surface area contributed by atoms with Crippen LogP contribution in [-0.2, 0) is 16.3 Å². The van der Waals surface area contributed by atoms with Crippen LogP contribution in [0.2, 0.25) is 5.02 Å². The van der Waals surface area contributed by atoms with Gasteiger partial charge >= 0.3 is 5.97 Å². The lowest BCUT2D eigenvalue weighted by atomic mass is 9.83. The molecule has 6 nitrogen and oxygen atoms in total. The summed E-state index contributed by atoms with van der Waals surface area (Å²) in [7, 11) is -4.00. The zero-order valence-corrected chi connectivity index (χ0v) is 23.0. The summed E-state index contributed by atoms with van der Waals surface area (Å²) in [5, 5.41) is 24.1. The fourth-order valence-electron chi connectivity index (χ4n) is 5.14. The largest absolute Gasteiger partial charge is 0.478 e. The first-order valence-corrected chi connectivity index (χ1v) is 14.9. The molecule has 0 aromatic heterocycles. The Balaban J connectivity index is 1.43. The number of carbonyl (C=O) groups is 1. The van der Waals surface area contributed by atoms with Gasteiger partial charge in [-0.3, -0.25) is 0 Å². The van der Waals surface area contributed by atoms with Gasteiger partial charge < -0.3 is 15.5 Å². The van der Waals surface area contributed by atoms with E-state index in [9.17, 15) is 23.4 Å². The second-order valence-corrected chi connectivity index (χ2v) is 12.5. The van der Waals surface area contributed by atoms with Crippen molar-refractivity contribution in [3.63, 3.8) is 0 Å². The lowest BCUT2D eigenvalue weighted by molar-refractivity contribution is 0.0692. The van der Waals surface area contributed by atoms with Gasteiger partial charge in [-0.1, -0.05) is 61.2 Å². The van der Waals surface area contributed by atoms with Crippen LogP contribution in [-0.4, -0.2) is 37.2 Å². The minimum Gasteiger partial charge on any atom is -0.478 e. The smallest absolute Gasteiger partial charge is 0.337 e. The van der Waals surface area contributed by atoms with Gasteiger partial charge in [0.15, 0.2) is 0 Å². The van der Waals surface area contributed by atoms with Gasteiger partial charge in [-0.2, -0.15) is 0 Å². The predicted octanol–water partition coefficient (Wildman–Crippen LogP) is 6.17. The number of aliphatic hydroxyl groups is 1. The van der Waals surface area contributed by atoms with Gasteiger partial charge in [0.2, 0.25) is 9.84 Å². The Kier molecular flexibility index (Phi) is 9.26. The summed E-state index contributed by atoms with van der Waals surface area (Å²) < 4.78 is 26.8. The molecule has 3 aromatic rings. The average Bonchev–Trinajstić information content (AvgIpc) is 2.92. The van der Waals surface area contributed by atoms with Crippen molar-refractivity contribution in [2.45, 2.75) is 73.3 Å². The van der Waals surface area contributed by atoms with Gasteiger partial charge in [-0.25, -0.2) is 13.2 Å². The van der Waals surface area contributed by atoms with Gasteiger partial charge in [0.05, 0.1) is 21.5 Å². The number of aliphatic hydroxyl groups excluding tert-OH is 1. The van der Waals surface area contributed by atoms with Crippen LogP contribution in [0.4, 0.5) is 0 Å². The van der Waals surface area contributed by atoms with Gasteiger partial charge in [0.25, 0.3) is 0 Å². The Labute approximate surface area is 229 Å². The number of aromatic carboxylic acids is 1. The zero-order chi connectivity index (χ0) is 27.3. The van der Waals surface area contributed by atoms with E-state index in [-0.39, 0.29) is 27.3 Å². The van der Waals surface area contributed by atoms with E-state index in [0.29, 0.717) is 18.0 Å². The first-order valence-electron chi connectivity index (χ1n) is 13.0. The highest BCUT2D eigenvalue weighted by Gasteiger charge is 2.26. The molecule has 1 saturated carbocycles. The number of sulfone groups is 1. The van der Waals surface area contributed by atoms with Crippen LogP contribution in [0.3, 0.4) is 0 Å². The number of rotatable bonds is 10. The van der Waals surface area contributed by atoms with Gasteiger partial charge in [0, 0.05) is 17.6 Å². The van der Waals surface area contributed by atoms with Gasteiger partial charge in [0.1, 0.15) is 0 Å². The van der Waals surface area contributed by atoms with Crippen LogP contribution in [0.5, 0.6) is 0 Å². The molecule has 1 fully saturated rings. The summed E-state index contributed by atoms with van der Waals surface area (Å²) in [5.74, 6) is -0.960. The molecular weight excluding hydrogens is 522 g/mol. The summed E-state index contributed by atoms with van der Waals surface area (Å²) in [6.07, 6.45) is 5.32. The molecule has 2 atom stereocenters. The SMILES string of the molecule is C[C@H](Cc1ccc(S(=O)(=O)c2ccc(C3CCCCC3)cc2C(=O)O)cc1)NC[C@@H](O)c1cccc(Cl)c1. The monoisotopic (exact) mass is 555 g/mol. The van der Waals surface area contributed by atoms with Crippen LogP contribution in [0, 0.1) is 0 Å². The minimum atomic E-state index is -4.00. The highest BCUT2D eigenvalue weighted by molar-refractivity contribution is 7.91. The van der Waals surface area contributed by atoms with E-state index < -0.39 is 21.9 Å². The fraction of sp³-hybridized carbons (Fsp3) is 0.367. The van der Waals surface area contributed by atoms with Crippen LogP contribution in [0.15, 0.2) is 76.5 Å². The molecule has 3 aromatic carbocycles. The Morgan fingerprint density at radius 1 is 1.03 bits per heavy atom. The van der Waals surface area contributed by atoms with Crippen molar-refractivity contribution in [2.75, 3.05) is 6.54 Å². The molecule has 0 aliphatic heterocycles. The molecular formula is C30H34ClNO5S. The summed E-state index contributed by atoms with van der Waals surface area (Å²) >= 11 is 6.00. The molecule has 4 rings (SSSR count). The summed E-state index contributed by atoms with van der Waals surface area (Å²) in [5.41, 5.74) is 2.39. The van der Waals surface area contributed by atoms with Crippen molar-refractivity contribution in [1.82, 2.24) is 5.32 Å². The second-order valence-electron chi connectivity index (χ2n) is 10.1. The molecule has 0 saturated heterocycles. The molecule has 1 aliphatic carbocycles. The van der Waals surface area contributed by atoms with Crippen molar-refractivity contribution >= 4 is 27.4 Å². The Hall–Kier alpha value is -2.71. The highest BCUT2D eigenvalue weighted by Crippen LogP contribution is 2.35. The maximum Gasteiger partial charge on any atom is 0.337 e. The van der Waals surface area contributed by atoms with Crippen molar-refractivity contribution in [2.24, 2.45) is 0 Å². The standard InChI is InChI=1S/C30H34ClNO5S/c1-20(32-19-28(33)24-8-5-9-25(31)17-24)16-21-10-13-26(14-11-21)38(36,37)29-15-12-23(18-27(29)30(34)35)22-6-3-2-4-7-22/h5,8-15,17-18,20,22,28,32-33H,2-4,6-7,16,19H2,1H3,(H,34,35)/t20-,28-/m1/s1. The van der Waals surface area contributed by atoms with Crippen LogP contribution < -0.4 is 5.32 Å². The fourth-order valence-corrected chi connectivity index (χ4v) is 6.77. The lowest BCUT2D eigenvalue weighted by Crippen LogP contribution is -2.32. The Morgan fingerprint density at radius 2 is 1.74 bits per heavy atom. The number of nitrogens with one attached hydrogen (secondary N) is 1. The second kappa shape index (κ2) is 12.4. The summed E-state index contributed by atoms with van der Waals surface area (Å²) in [4.78, 5) is 11.9. The summed E-state index contributed by atoms with van der Waals surface area (Å²) in [6, 6.07) is 18.4. The average molecular weight is 556 g/mol. The number of hydrogen-bond donors (Lipinski definition) is 3. The van der Waals surface area contributed by atoms with Gasteiger partial charge in [-0.15, -0.1) is 0 Å². The molecule has 0 radical (unpaired) electrons. The molecule has 0 unspecified atom stereocenters. The first-order chi connectivity index (χ1) is 18.1. The maximum absolute atomic E-state index is 13.4. The molecule has 0 heterocycles. The van der Waals surface area contributed by atoms with E-state index in [0.717, 1.165) is 42.4 Å². The third-order valence-corrected chi connectivity index (χ3v) is 9.33. The Bertz CT molecular complexity index is 1370. The number of carboxylic acid groups (broad SMARTS) is 1. The third-order valence-electron chi connectivity index (χ3n) is 7.27. The molecule has 0 bridgehead atoms. The quantitative estimate of drug-likeness (QED) is 0.276. The van der Waals surface area contributed by atoms with Crippen molar-refractivity contribution in [3.8, 4) is 0 Å².